The van der Waals surface area contributed by atoms with Crippen LogP contribution in [0.3, 0.4) is 0 Å². The van der Waals surface area contributed by atoms with E-state index in [1.54, 1.807) is 6.33 Å². The Morgan fingerprint density at radius 3 is 1.96 bits per heavy atom. The highest BCUT2D eigenvalue weighted by atomic mass is 15.3. The van der Waals surface area contributed by atoms with Crippen LogP contribution < -0.4 is 20.4 Å². The van der Waals surface area contributed by atoms with Gasteiger partial charge in [-0.15, -0.1) is 0 Å². The van der Waals surface area contributed by atoms with Gasteiger partial charge in [0.25, 0.3) is 0 Å². The van der Waals surface area contributed by atoms with Crippen molar-refractivity contribution < 1.29 is 0 Å². The topological polar surface area (TPSA) is 61.5 Å². The summed E-state index contributed by atoms with van der Waals surface area (Å²) in [6.45, 7) is 10.3. The Morgan fingerprint density at radius 1 is 0.750 bits per heavy atom. The minimum absolute atomic E-state index is 0.740. The number of piperazine rings is 1. The van der Waals surface area contributed by atoms with E-state index in [2.05, 4.69) is 56.7 Å². The first kappa shape index (κ1) is 18.8. The van der Waals surface area contributed by atoms with E-state index < -0.39 is 0 Å². The zero-order valence-corrected chi connectivity index (χ0v) is 17.2. The molecule has 2 fully saturated rings. The van der Waals surface area contributed by atoms with Gasteiger partial charge in [0.2, 0.25) is 0 Å². The van der Waals surface area contributed by atoms with Gasteiger partial charge >= 0.3 is 0 Å². The molecule has 0 amide bonds. The Balaban J connectivity index is 1.49. The average Bonchev–Trinajstić information content (AvgIpc) is 3.00. The molecular formula is C22H32N6. The lowest BCUT2D eigenvalue weighted by atomic mass is 10.1. The van der Waals surface area contributed by atoms with Crippen LogP contribution in [0.15, 0.2) is 24.5 Å². The molecule has 0 radical (unpaired) electrons. The van der Waals surface area contributed by atoms with E-state index in [1.165, 1.54) is 42.5 Å². The largest absolute Gasteiger partial charge is 0.393 e. The highest BCUT2D eigenvalue weighted by Crippen LogP contribution is 2.32. The summed E-state index contributed by atoms with van der Waals surface area (Å²) < 4.78 is 0. The van der Waals surface area contributed by atoms with Gasteiger partial charge in [0, 0.05) is 45.0 Å². The second-order valence-electron chi connectivity index (χ2n) is 8.03. The van der Waals surface area contributed by atoms with Gasteiger partial charge in [-0.1, -0.05) is 25.0 Å². The quantitative estimate of drug-likeness (QED) is 0.881. The van der Waals surface area contributed by atoms with Gasteiger partial charge in [0.1, 0.15) is 12.0 Å². The molecule has 2 aliphatic heterocycles. The Morgan fingerprint density at radius 2 is 1.32 bits per heavy atom. The van der Waals surface area contributed by atoms with Crippen LogP contribution in [-0.2, 0) is 0 Å². The van der Waals surface area contributed by atoms with Crippen LogP contribution in [0.25, 0.3) is 0 Å². The van der Waals surface area contributed by atoms with E-state index in [0.717, 1.165) is 56.6 Å². The van der Waals surface area contributed by atoms with Crippen molar-refractivity contribution in [3.63, 3.8) is 0 Å². The van der Waals surface area contributed by atoms with Crippen molar-refractivity contribution in [1.82, 2.24) is 9.97 Å². The Kier molecular flexibility index (Phi) is 5.55. The van der Waals surface area contributed by atoms with Crippen molar-refractivity contribution in [1.29, 1.82) is 0 Å². The van der Waals surface area contributed by atoms with Crippen molar-refractivity contribution in [2.75, 3.05) is 59.7 Å². The van der Waals surface area contributed by atoms with Gasteiger partial charge in [-0.25, -0.2) is 9.97 Å². The molecule has 0 atom stereocenters. The van der Waals surface area contributed by atoms with Gasteiger partial charge < -0.3 is 20.4 Å². The molecule has 0 bridgehead atoms. The molecule has 6 nitrogen and oxygen atoms in total. The third-order valence-corrected chi connectivity index (χ3v) is 6.24. The molecule has 1 aromatic heterocycles. The predicted octanol–water partition coefficient (Wildman–Crippen LogP) is 3.38. The second kappa shape index (κ2) is 8.25. The predicted molar refractivity (Wildman–Crippen MR) is 117 cm³/mol. The smallest absolute Gasteiger partial charge is 0.157 e. The van der Waals surface area contributed by atoms with Crippen LogP contribution in [0, 0.1) is 13.8 Å². The molecule has 150 valence electrons. The van der Waals surface area contributed by atoms with Gasteiger partial charge in [-0.2, -0.15) is 0 Å². The number of aromatic nitrogens is 2. The summed E-state index contributed by atoms with van der Waals surface area (Å²) in [5, 5.41) is 0. The van der Waals surface area contributed by atoms with Gasteiger partial charge in [0.05, 0.1) is 0 Å². The number of nitrogens with zero attached hydrogens (tertiary/aromatic N) is 5. The highest BCUT2D eigenvalue weighted by molar-refractivity contribution is 5.76. The average molecular weight is 381 g/mol. The van der Waals surface area contributed by atoms with Gasteiger partial charge in [-0.05, 0) is 43.9 Å². The molecule has 2 saturated heterocycles. The first-order valence-electron chi connectivity index (χ1n) is 10.6. The van der Waals surface area contributed by atoms with Crippen LogP contribution in [0.5, 0.6) is 0 Å². The minimum atomic E-state index is 0.740. The van der Waals surface area contributed by atoms with E-state index in [0.29, 0.717) is 0 Å². The lowest BCUT2D eigenvalue weighted by Gasteiger charge is -2.38. The fourth-order valence-electron chi connectivity index (χ4n) is 4.40. The molecule has 1 aromatic carbocycles. The first-order chi connectivity index (χ1) is 13.6. The van der Waals surface area contributed by atoms with E-state index in [1.807, 2.05) is 0 Å². The number of nitrogens with two attached hydrogens (primary N) is 1. The number of nitrogen functional groups attached to an aromatic ring is 1. The van der Waals surface area contributed by atoms with E-state index in [9.17, 15) is 0 Å². The highest BCUT2D eigenvalue weighted by Gasteiger charge is 2.24. The minimum Gasteiger partial charge on any atom is -0.393 e. The SMILES string of the molecule is Cc1cccc(N2CCN(c3ncnc(N4CCCCCC4)c3N)CC2)c1C. The maximum atomic E-state index is 6.56. The second-order valence-corrected chi connectivity index (χ2v) is 8.03. The van der Waals surface area contributed by atoms with Crippen molar-refractivity contribution >= 4 is 23.0 Å². The molecule has 0 spiro atoms. The van der Waals surface area contributed by atoms with Crippen LogP contribution >= 0.6 is 0 Å². The Labute approximate surface area is 168 Å². The summed E-state index contributed by atoms with van der Waals surface area (Å²) in [4.78, 5) is 16.2. The standard InChI is InChI=1S/C22H32N6/c1-17-8-7-9-19(18(17)2)26-12-14-28(15-13-26)22-20(23)21(24-16-25-22)27-10-5-3-4-6-11-27/h7-9,16H,3-6,10-15,23H2,1-2H3. The van der Waals surface area contributed by atoms with Crippen molar-refractivity contribution in [2.24, 2.45) is 0 Å². The molecule has 6 heteroatoms. The lowest BCUT2D eigenvalue weighted by molar-refractivity contribution is 0.645. The summed E-state index contributed by atoms with van der Waals surface area (Å²) in [5.41, 5.74) is 11.4. The van der Waals surface area contributed by atoms with Gasteiger partial charge in [-0.3, -0.25) is 0 Å². The lowest BCUT2D eigenvalue weighted by Crippen LogP contribution is -2.47. The molecular weight excluding hydrogens is 348 g/mol. The fraction of sp³-hybridized carbons (Fsp3) is 0.545. The van der Waals surface area contributed by atoms with Crippen molar-refractivity contribution in [3.8, 4) is 0 Å². The third-order valence-electron chi connectivity index (χ3n) is 6.24. The van der Waals surface area contributed by atoms with Crippen LogP contribution in [0.2, 0.25) is 0 Å². The first-order valence-corrected chi connectivity index (χ1v) is 10.6. The summed E-state index contributed by atoms with van der Waals surface area (Å²) in [6, 6.07) is 6.56. The fourth-order valence-corrected chi connectivity index (χ4v) is 4.40. The van der Waals surface area contributed by atoms with E-state index in [-0.39, 0.29) is 0 Å². The maximum Gasteiger partial charge on any atom is 0.157 e. The Bertz CT molecular complexity index is 805. The number of rotatable bonds is 3. The number of hydrogen-bond donors (Lipinski definition) is 1. The molecule has 2 N–H and O–H groups in total. The normalized spacial score (nSPS) is 18.3. The van der Waals surface area contributed by atoms with Gasteiger partial charge in [0.15, 0.2) is 11.6 Å². The summed E-state index contributed by atoms with van der Waals surface area (Å²) >= 11 is 0. The van der Waals surface area contributed by atoms with Crippen LogP contribution in [0.1, 0.15) is 36.8 Å². The number of anilines is 4. The number of benzene rings is 1. The van der Waals surface area contributed by atoms with E-state index in [4.69, 9.17) is 5.73 Å². The molecule has 2 aromatic rings. The summed E-state index contributed by atoms with van der Waals surface area (Å²) in [6.07, 6.45) is 6.72. The monoisotopic (exact) mass is 380 g/mol. The zero-order chi connectivity index (χ0) is 19.5. The molecule has 0 unspecified atom stereocenters. The molecule has 3 heterocycles. The third kappa shape index (κ3) is 3.73. The van der Waals surface area contributed by atoms with Crippen LogP contribution in [0.4, 0.5) is 23.0 Å². The molecule has 4 rings (SSSR count). The Hall–Kier alpha value is -2.50. The number of aryl methyl sites for hydroxylation is 1. The molecule has 28 heavy (non-hydrogen) atoms. The zero-order valence-electron chi connectivity index (χ0n) is 17.2. The van der Waals surface area contributed by atoms with Crippen molar-refractivity contribution in [2.45, 2.75) is 39.5 Å². The number of hydrogen-bond acceptors (Lipinski definition) is 6. The van der Waals surface area contributed by atoms with Crippen LogP contribution in [-0.4, -0.2) is 49.2 Å². The maximum absolute atomic E-state index is 6.56. The molecule has 0 saturated carbocycles. The van der Waals surface area contributed by atoms with E-state index >= 15 is 0 Å². The molecule has 0 aliphatic carbocycles. The van der Waals surface area contributed by atoms with Crippen molar-refractivity contribution in [3.05, 3.63) is 35.7 Å². The summed E-state index contributed by atoms with van der Waals surface area (Å²) in [5.74, 6) is 1.82. The molecule has 2 aliphatic rings. The summed E-state index contributed by atoms with van der Waals surface area (Å²) in [7, 11) is 0.